The molecule has 3 fully saturated rings. The van der Waals surface area contributed by atoms with Crippen LogP contribution < -0.4 is 0 Å². The third kappa shape index (κ3) is 3.58. The molecule has 2 aromatic carbocycles. The van der Waals surface area contributed by atoms with E-state index in [1.807, 2.05) is 47.4 Å². The summed E-state index contributed by atoms with van der Waals surface area (Å²) in [4.78, 5) is 40.5. The van der Waals surface area contributed by atoms with E-state index in [0.717, 1.165) is 30.2 Å². The van der Waals surface area contributed by atoms with Crippen molar-refractivity contribution in [2.24, 2.45) is 11.8 Å². The van der Waals surface area contributed by atoms with Crippen LogP contribution in [0.3, 0.4) is 0 Å². The first-order valence-electron chi connectivity index (χ1n) is 11.9. The van der Waals surface area contributed by atoms with Gasteiger partial charge in [0.05, 0.1) is 11.6 Å². The average Bonchev–Trinajstić information content (AvgIpc) is 3.70. The molecule has 5 atom stereocenters. The van der Waals surface area contributed by atoms with Crippen molar-refractivity contribution in [2.75, 3.05) is 0 Å². The van der Waals surface area contributed by atoms with Crippen LogP contribution in [0.4, 0.5) is 0 Å². The molecule has 0 bridgehead atoms. The highest BCUT2D eigenvalue weighted by atomic mass is 16.2. The van der Waals surface area contributed by atoms with Crippen molar-refractivity contribution in [1.82, 2.24) is 14.7 Å². The molecule has 33 heavy (non-hydrogen) atoms. The number of rotatable bonds is 7. The van der Waals surface area contributed by atoms with Gasteiger partial charge in [-0.1, -0.05) is 48.5 Å². The normalized spacial score (nSPS) is 27.4. The Morgan fingerprint density at radius 3 is 2.52 bits per heavy atom. The molecule has 6 heteroatoms. The third-order valence-electron chi connectivity index (χ3n) is 7.65. The summed E-state index contributed by atoms with van der Waals surface area (Å²) in [7, 11) is 0. The van der Waals surface area contributed by atoms with Crippen LogP contribution in [-0.2, 0) is 16.1 Å². The van der Waals surface area contributed by atoms with E-state index in [9.17, 15) is 14.4 Å². The predicted molar refractivity (Wildman–Crippen MR) is 124 cm³/mol. The van der Waals surface area contributed by atoms with E-state index in [2.05, 4.69) is 17.2 Å². The quantitative estimate of drug-likeness (QED) is 0.520. The van der Waals surface area contributed by atoms with Crippen molar-refractivity contribution < 1.29 is 14.4 Å². The number of piperidine rings is 1. The van der Waals surface area contributed by atoms with E-state index in [-0.39, 0.29) is 36.1 Å². The summed E-state index contributed by atoms with van der Waals surface area (Å²) < 4.78 is 1.62. The van der Waals surface area contributed by atoms with Crippen molar-refractivity contribution >= 4 is 28.4 Å². The number of carbonyl (C=O) groups excluding carboxylic acids is 3. The molecular formula is C27H27N3O3. The Hall–Kier alpha value is -3.28. The van der Waals surface area contributed by atoms with Gasteiger partial charge < -0.3 is 4.90 Å². The molecule has 1 amide bonds. The van der Waals surface area contributed by atoms with Crippen molar-refractivity contribution in [3.8, 4) is 0 Å². The van der Waals surface area contributed by atoms with Gasteiger partial charge in [-0.2, -0.15) is 5.10 Å². The topological polar surface area (TPSA) is 72.3 Å². The smallest absolute Gasteiger partial charge is 0.245 e. The minimum atomic E-state index is -0.313. The highest BCUT2D eigenvalue weighted by Gasteiger charge is 2.56. The number of aromatic nitrogens is 2. The molecule has 1 aromatic heterocycles. The fraction of sp³-hybridized carbons (Fsp3) is 0.407. The van der Waals surface area contributed by atoms with Gasteiger partial charge in [-0.15, -0.1) is 0 Å². The molecule has 3 aliphatic rings. The first-order valence-corrected chi connectivity index (χ1v) is 11.9. The number of Topliss-reactive ketones (excluding diaryl/α,β-unsaturated/α-hetero) is 2. The Morgan fingerprint density at radius 1 is 0.970 bits per heavy atom. The number of benzene rings is 2. The van der Waals surface area contributed by atoms with Gasteiger partial charge in [-0.05, 0) is 48.6 Å². The first kappa shape index (κ1) is 20.3. The molecule has 0 N–H and O–H groups in total. The van der Waals surface area contributed by atoms with E-state index in [1.54, 1.807) is 4.68 Å². The summed E-state index contributed by atoms with van der Waals surface area (Å²) in [5.41, 5.74) is 2.47. The third-order valence-corrected chi connectivity index (χ3v) is 7.65. The van der Waals surface area contributed by atoms with E-state index in [0.29, 0.717) is 29.9 Å². The number of carbonyl (C=O) groups is 3. The highest BCUT2D eigenvalue weighted by molar-refractivity contribution is 6.05. The molecular weight excluding hydrogens is 414 g/mol. The number of amides is 1. The average molecular weight is 442 g/mol. The molecule has 0 spiro atoms. The lowest BCUT2D eigenvalue weighted by molar-refractivity contribution is -0.139. The second kappa shape index (κ2) is 7.65. The zero-order valence-electron chi connectivity index (χ0n) is 18.7. The van der Waals surface area contributed by atoms with Crippen LogP contribution in [0.15, 0.2) is 54.6 Å². The summed E-state index contributed by atoms with van der Waals surface area (Å²) in [6, 6.07) is 17.8. The largest absolute Gasteiger partial charge is 0.328 e. The van der Waals surface area contributed by atoms with Gasteiger partial charge in [0.2, 0.25) is 5.91 Å². The number of ketones is 2. The van der Waals surface area contributed by atoms with Gasteiger partial charge in [0.1, 0.15) is 12.2 Å². The van der Waals surface area contributed by atoms with E-state index < -0.39 is 0 Å². The number of fused-ring (bicyclic) bond motifs is 2. The van der Waals surface area contributed by atoms with Crippen LogP contribution in [0.5, 0.6) is 0 Å². The second-order valence-electron chi connectivity index (χ2n) is 9.88. The minimum absolute atomic E-state index is 0.0524. The summed E-state index contributed by atoms with van der Waals surface area (Å²) in [5.74, 6) is 1.32. The van der Waals surface area contributed by atoms with Gasteiger partial charge in [-0.3, -0.25) is 19.1 Å². The van der Waals surface area contributed by atoms with E-state index in [4.69, 9.17) is 0 Å². The number of likely N-dealkylation sites (tertiary alicyclic amines) is 1. The van der Waals surface area contributed by atoms with Crippen LogP contribution >= 0.6 is 0 Å². The van der Waals surface area contributed by atoms with Crippen LogP contribution in [-0.4, -0.2) is 44.2 Å². The second-order valence-corrected chi connectivity index (χ2v) is 9.88. The molecule has 3 aromatic rings. The van der Waals surface area contributed by atoms with Gasteiger partial charge in [0, 0.05) is 24.8 Å². The minimum Gasteiger partial charge on any atom is -0.328 e. The Labute approximate surface area is 192 Å². The van der Waals surface area contributed by atoms with Gasteiger partial charge in [-0.25, -0.2) is 0 Å². The molecule has 168 valence electrons. The van der Waals surface area contributed by atoms with E-state index >= 15 is 0 Å². The molecule has 0 radical (unpaired) electrons. The van der Waals surface area contributed by atoms with Gasteiger partial charge in [0.25, 0.3) is 0 Å². The zero-order chi connectivity index (χ0) is 22.7. The van der Waals surface area contributed by atoms with Crippen LogP contribution in [0.25, 0.3) is 10.9 Å². The van der Waals surface area contributed by atoms with Crippen molar-refractivity contribution in [3.63, 3.8) is 0 Å². The van der Waals surface area contributed by atoms with E-state index in [1.165, 1.54) is 12.5 Å². The lowest BCUT2D eigenvalue weighted by atomic mass is 10.00. The van der Waals surface area contributed by atoms with Crippen molar-refractivity contribution in [2.45, 2.75) is 57.2 Å². The number of hydrogen-bond donors (Lipinski definition) is 0. The zero-order valence-corrected chi connectivity index (χ0v) is 18.7. The number of nitrogens with zero attached hydrogens (tertiary/aromatic N) is 3. The molecule has 0 unspecified atom stereocenters. The molecule has 2 saturated carbocycles. The molecule has 6 rings (SSSR count). The fourth-order valence-corrected chi connectivity index (χ4v) is 5.80. The van der Waals surface area contributed by atoms with Crippen molar-refractivity contribution in [1.29, 1.82) is 0 Å². The highest BCUT2D eigenvalue weighted by Crippen LogP contribution is 2.52. The Kier molecular flexibility index (Phi) is 4.71. The number of hydrogen-bond acceptors (Lipinski definition) is 4. The lowest BCUT2D eigenvalue weighted by Gasteiger charge is -2.27. The molecule has 2 heterocycles. The SMILES string of the molecule is CC(=O)c1nn(CC(=O)N2[C@@H]3C[C@@H]3C[C@H]2C(=O)C[C@@H]2C[C@H]2c2ccccc2)c2ccccc12. The van der Waals surface area contributed by atoms with Gasteiger partial charge >= 0.3 is 0 Å². The maximum atomic E-state index is 13.4. The molecule has 2 aliphatic carbocycles. The summed E-state index contributed by atoms with van der Waals surface area (Å²) >= 11 is 0. The Balaban J connectivity index is 1.18. The van der Waals surface area contributed by atoms with Crippen LogP contribution in [0, 0.1) is 11.8 Å². The molecule has 1 aliphatic heterocycles. The molecule has 6 nitrogen and oxygen atoms in total. The molecule has 1 saturated heterocycles. The fourth-order valence-electron chi connectivity index (χ4n) is 5.80. The monoisotopic (exact) mass is 441 g/mol. The first-order chi connectivity index (χ1) is 16.0. The lowest BCUT2D eigenvalue weighted by Crippen LogP contribution is -2.44. The standard InChI is InChI=1S/C27H27N3O3/c1-16(31)27-20-9-5-6-10-22(20)29(28-27)15-26(33)30-23-12-19(23)13-24(30)25(32)14-18-11-21(18)17-7-3-2-4-8-17/h2-10,18-19,21,23-24H,11-15H2,1H3/t18-,19+,21-,23+,24-/m0/s1. The maximum absolute atomic E-state index is 13.4. The van der Waals surface area contributed by atoms with Crippen molar-refractivity contribution in [3.05, 3.63) is 65.9 Å². The van der Waals surface area contributed by atoms with Crippen LogP contribution in [0.2, 0.25) is 0 Å². The number of para-hydroxylation sites is 1. The summed E-state index contributed by atoms with van der Waals surface area (Å²) in [6.45, 7) is 1.54. The Bertz CT molecular complexity index is 1260. The maximum Gasteiger partial charge on any atom is 0.245 e. The summed E-state index contributed by atoms with van der Waals surface area (Å²) in [6.07, 6.45) is 3.38. The predicted octanol–water partition coefficient (Wildman–Crippen LogP) is 3.99. The summed E-state index contributed by atoms with van der Waals surface area (Å²) in [5, 5.41) is 5.21. The Morgan fingerprint density at radius 2 is 1.73 bits per heavy atom. The van der Waals surface area contributed by atoms with Gasteiger partial charge in [0.15, 0.2) is 11.6 Å². The van der Waals surface area contributed by atoms with Crippen LogP contribution in [0.1, 0.15) is 54.6 Å².